The van der Waals surface area contributed by atoms with Crippen LogP contribution in [0.2, 0.25) is 0 Å². The second kappa shape index (κ2) is 12.0. The van der Waals surface area contributed by atoms with Gasteiger partial charge in [-0.25, -0.2) is 4.57 Å². The van der Waals surface area contributed by atoms with Crippen LogP contribution in [0.3, 0.4) is 0 Å². The molecule has 5 N–H and O–H groups in total. The van der Waals surface area contributed by atoms with E-state index in [-0.39, 0.29) is 12.1 Å². The number of aliphatic hydroxyl groups excluding tert-OH is 1. The van der Waals surface area contributed by atoms with E-state index in [1.54, 1.807) is 6.92 Å². The molecule has 2 heterocycles. The number of phosphoric acid groups is 1. The van der Waals surface area contributed by atoms with Gasteiger partial charge >= 0.3 is 7.82 Å². The summed E-state index contributed by atoms with van der Waals surface area (Å²) in [6, 6.07) is 16.9. The third-order valence-electron chi connectivity index (χ3n) is 7.31. The van der Waals surface area contributed by atoms with Gasteiger partial charge in [-0.05, 0) is 61.1 Å². The van der Waals surface area contributed by atoms with E-state index in [2.05, 4.69) is 70.9 Å². The summed E-state index contributed by atoms with van der Waals surface area (Å²) in [7, 11) is -3.47. The van der Waals surface area contributed by atoms with Gasteiger partial charge in [0.15, 0.2) is 0 Å². The monoisotopic (exact) mass is 592 g/mol. The molecule has 0 bridgehead atoms. The zero-order valence-electron chi connectivity index (χ0n) is 22.5. The van der Waals surface area contributed by atoms with Crippen molar-refractivity contribution < 1.29 is 29.1 Å². The SMILES string of the molecule is CO.CSC(C)(O)C1NC=CN1C1SC1/C=C/c1ccc(-c2ccc(C3CC(C)(OP(=O)(O)O)C3)cc2)cc1. The van der Waals surface area contributed by atoms with E-state index < -0.39 is 18.4 Å². The van der Waals surface area contributed by atoms with Crippen molar-refractivity contribution in [2.75, 3.05) is 13.4 Å². The van der Waals surface area contributed by atoms with Crippen molar-refractivity contribution in [1.29, 1.82) is 0 Å². The predicted molar refractivity (Wildman–Crippen MR) is 160 cm³/mol. The van der Waals surface area contributed by atoms with E-state index in [9.17, 15) is 9.67 Å². The van der Waals surface area contributed by atoms with Gasteiger partial charge < -0.3 is 30.2 Å². The van der Waals surface area contributed by atoms with Gasteiger partial charge in [0.05, 0.1) is 16.2 Å². The summed E-state index contributed by atoms with van der Waals surface area (Å²) in [5, 5.41) is 21.6. The zero-order chi connectivity index (χ0) is 28.4. The first-order chi connectivity index (χ1) is 18.5. The van der Waals surface area contributed by atoms with E-state index in [4.69, 9.17) is 19.4 Å². The van der Waals surface area contributed by atoms with E-state index in [0.29, 0.717) is 23.5 Å². The number of thioether (sulfide) groups is 2. The van der Waals surface area contributed by atoms with Crippen molar-refractivity contribution in [2.24, 2.45) is 0 Å². The van der Waals surface area contributed by atoms with Gasteiger partial charge in [-0.15, -0.1) is 23.5 Å². The Bertz CT molecular complexity index is 1230. The molecule has 1 saturated heterocycles. The van der Waals surface area contributed by atoms with Gasteiger partial charge in [-0.1, -0.05) is 60.7 Å². The number of phosphoric ester groups is 1. The molecule has 1 saturated carbocycles. The highest BCUT2D eigenvalue weighted by atomic mass is 32.2. The molecule has 8 nitrogen and oxygen atoms in total. The summed E-state index contributed by atoms with van der Waals surface area (Å²) in [6.07, 6.45) is 11.3. The van der Waals surface area contributed by atoms with Crippen molar-refractivity contribution in [2.45, 2.75) is 59.9 Å². The number of hydrogen-bond acceptors (Lipinski definition) is 8. The molecule has 2 fully saturated rings. The Hall–Kier alpha value is -1.75. The second-order valence-corrected chi connectivity index (χ2v) is 14.0. The van der Waals surface area contributed by atoms with E-state index in [0.717, 1.165) is 29.4 Å². The molecule has 0 radical (unpaired) electrons. The quantitative estimate of drug-likeness (QED) is 0.156. The standard InChI is InChI=1S/C27H33N2O5PS2.CH4O/c1-26(34-35(31,32)33)16-22(17-26)21-11-9-20(10-12-21)19-7-4-18(5-8-19)6-13-23-24(37-23)29-15-14-28-25(29)27(2,30)36-3;1-2/h4-15,22-25,28,30H,16-17H2,1-3H3,(H2,31,32,33);2H,1H3/b13-6+;. The number of nitrogens with zero attached hydrogens (tertiary/aromatic N) is 1. The predicted octanol–water partition coefficient (Wildman–Crippen LogP) is 4.94. The fraction of sp³-hybridized carbons (Fsp3) is 0.429. The minimum absolute atomic E-state index is 0.133. The fourth-order valence-corrected chi connectivity index (χ4v) is 7.28. The Labute approximate surface area is 238 Å². The summed E-state index contributed by atoms with van der Waals surface area (Å²) < 4.78 is 16.1. The Morgan fingerprint density at radius 1 is 1.13 bits per heavy atom. The molecule has 0 amide bonds. The molecule has 2 aromatic rings. The minimum Gasteiger partial charge on any atom is -0.400 e. The van der Waals surface area contributed by atoms with Crippen molar-refractivity contribution in [1.82, 2.24) is 10.2 Å². The average molecular weight is 593 g/mol. The summed E-state index contributed by atoms with van der Waals surface area (Å²) in [4.78, 5) is 19.5. The summed E-state index contributed by atoms with van der Waals surface area (Å²) in [5.74, 6) is 0.246. The molecule has 4 atom stereocenters. The van der Waals surface area contributed by atoms with Crippen LogP contribution in [0.25, 0.3) is 17.2 Å². The molecule has 0 aromatic heterocycles. The van der Waals surface area contributed by atoms with Gasteiger partial charge in [0.25, 0.3) is 0 Å². The van der Waals surface area contributed by atoms with Crippen LogP contribution in [0.15, 0.2) is 67.0 Å². The lowest BCUT2D eigenvalue weighted by molar-refractivity contribution is -0.0285. The first-order valence-corrected chi connectivity index (χ1v) is 16.4. The van der Waals surface area contributed by atoms with Crippen LogP contribution in [-0.4, -0.2) is 65.6 Å². The Kier molecular flexibility index (Phi) is 9.30. The lowest BCUT2D eigenvalue weighted by Crippen LogP contribution is -2.52. The molecule has 11 heteroatoms. The first-order valence-electron chi connectivity index (χ1n) is 12.7. The summed E-state index contributed by atoms with van der Waals surface area (Å²) >= 11 is 3.32. The molecule has 2 aromatic carbocycles. The third-order valence-corrected chi connectivity index (χ3v) is 10.3. The average Bonchev–Trinajstić information content (AvgIpc) is 3.49. The number of hydrogen-bond donors (Lipinski definition) is 5. The number of rotatable bonds is 9. The topological polar surface area (TPSA) is 122 Å². The van der Waals surface area contributed by atoms with Crippen LogP contribution >= 0.6 is 31.3 Å². The third kappa shape index (κ3) is 7.31. The zero-order valence-corrected chi connectivity index (χ0v) is 25.0. The lowest BCUT2D eigenvalue weighted by Gasteiger charge is -2.44. The van der Waals surface area contributed by atoms with Crippen LogP contribution < -0.4 is 5.32 Å². The Morgan fingerprint density at radius 2 is 1.72 bits per heavy atom. The lowest BCUT2D eigenvalue weighted by atomic mass is 9.69. The highest BCUT2D eigenvalue weighted by Gasteiger charge is 2.48. The molecule has 5 rings (SSSR count). The van der Waals surface area contributed by atoms with Crippen molar-refractivity contribution in [3.05, 3.63) is 78.1 Å². The number of benzene rings is 2. The Morgan fingerprint density at radius 3 is 2.28 bits per heavy atom. The maximum atomic E-state index is 11.2. The Balaban J connectivity index is 0.00000172. The molecule has 3 aliphatic rings. The van der Waals surface area contributed by atoms with Crippen molar-refractivity contribution in [3.8, 4) is 11.1 Å². The highest BCUT2D eigenvalue weighted by molar-refractivity contribution is 8.07. The molecule has 1 aliphatic carbocycles. The molecule has 2 aliphatic heterocycles. The van der Waals surface area contributed by atoms with Crippen LogP contribution in [-0.2, 0) is 9.09 Å². The molecule has 0 spiro atoms. The van der Waals surface area contributed by atoms with E-state index in [1.165, 1.54) is 11.8 Å². The molecule has 212 valence electrons. The normalized spacial score (nSPS) is 29.3. The van der Waals surface area contributed by atoms with Crippen LogP contribution in [0, 0.1) is 0 Å². The molecule has 39 heavy (non-hydrogen) atoms. The molecule has 4 unspecified atom stereocenters. The minimum atomic E-state index is -4.47. The van der Waals surface area contributed by atoms with E-state index >= 15 is 0 Å². The first kappa shape index (κ1) is 30.2. The second-order valence-electron chi connectivity index (χ2n) is 10.3. The van der Waals surface area contributed by atoms with Crippen LogP contribution in [0.1, 0.15) is 43.7 Å². The highest BCUT2D eigenvalue weighted by Crippen LogP contribution is 2.54. The summed E-state index contributed by atoms with van der Waals surface area (Å²) in [6.45, 7) is 3.60. The summed E-state index contributed by atoms with van der Waals surface area (Å²) in [5.41, 5.74) is 3.82. The van der Waals surface area contributed by atoms with Gasteiger partial charge in [-0.3, -0.25) is 4.52 Å². The number of aliphatic hydroxyl groups is 2. The van der Waals surface area contributed by atoms with E-state index in [1.807, 2.05) is 37.3 Å². The number of nitrogens with one attached hydrogen (secondary N) is 1. The maximum Gasteiger partial charge on any atom is 0.470 e. The van der Waals surface area contributed by atoms with Crippen LogP contribution in [0.5, 0.6) is 0 Å². The molecular weight excluding hydrogens is 555 g/mol. The maximum absolute atomic E-state index is 11.2. The smallest absolute Gasteiger partial charge is 0.400 e. The fourth-order valence-electron chi connectivity index (χ4n) is 5.18. The van der Waals surface area contributed by atoms with Gasteiger partial charge in [0.2, 0.25) is 0 Å². The van der Waals surface area contributed by atoms with Gasteiger partial charge in [0.1, 0.15) is 11.1 Å². The van der Waals surface area contributed by atoms with Crippen molar-refractivity contribution in [3.63, 3.8) is 0 Å². The van der Waals surface area contributed by atoms with Crippen LogP contribution in [0.4, 0.5) is 0 Å². The largest absolute Gasteiger partial charge is 0.470 e. The van der Waals surface area contributed by atoms with Gasteiger partial charge in [-0.2, -0.15) is 0 Å². The molecular formula is C28H37N2O6PS2. The van der Waals surface area contributed by atoms with Gasteiger partial charge in [0, 0.05) is 19.5 Å². The van der Waals surface area contributed by atoms with Crippen molar-refractivity contribution >= 4 is 37.4 Å².